The average Bonchev–Trinajstić information content (AvgIpc) is 2.24. The van der Waals surface area contributed by atoms with Crippen molar-refractivity contribution in [1.29, 1.82) is 0 Å². The lowest BCUT2D eigenvalue weighted by molar-refractivity contribution is -0.143. The van der Waals surface area contributed by atoms with Crippen LogP contribution in [0.1, 0.15) is 22.3 Å². The molecule has 110 valence electrons. The summed E-state index contributed by atoms with van der Waals surface area (Å²) in [5.41, 5.74) is -4.84. The number of halogens is 7. The van der Waals surface area contributed by atoms with Gasteiger partial charge in [-0.25, -0.2) is 17.6 Å². The summed E-state index contributed by atoms with van der Waals surface area (Å²) in [4.78, 5) is 21.3. The van der Waals surface area contributed by atoms with Crippen molar-refractivity contribution in [2.75, 3.05) is 0 Å². The Kier molecular flexibility index (Phi) is 4.06. The van der Waals surface area contributed by atoms with E-state index < -0.39 is 58.7 Å². The third-order valence-corrected chi connectivity index (χ3v) is 2.14. The first kappa shape index (κ1) is 15.9. The minimum Gasteiger partial charge on any atom is -0.481 e. The summed E-state index contributed by atoms with van der Waals surface area (Å²) >= 11 is 0. The molecule has 0 aliphatic carbocycles. The number of carbonyl (C=O) groups excluding carboxylic acids is 1. The van der Waals surface area contributed by atoms with Crippen LogP contribution in [0, 0.1) is 23.3 Å². The molecule has 0 amide bonds. The number of aliphatic carboxylic acids is 1. The van der Waals surface area contributed by atoms with Crippen molar-refractivity contribution < 1.29 is 45.4 Å². The van der Waals surface area contributed by atoms with E-state index in [9.17, 15) is 40.3 Å². The topological polar surface area (TPSA) is 54.4 Å². The van der Waals surface area contributed by atoms with Gasteiger partial charge in [0.05, 0.1) is 5.56 Å². The first-order valence-electron chi connectivity index (χ1n) is 4.66. The molecule has 0 aromatic heterocycles. The summed E-state index contributed by atoms with van der Waals surface area (Å²) in [5.74, 6) is -14.6. The van der Waals surface area contributed by atoms with Crippen molar-refractivity contribution >= 4 is 11.8 Å². The highest BCUT2D eigenvalue weighted by Crippen LogP contribution is 2.37. The Hall–Kier alpha value is -2.13. The van der Waals surface area contributed by atoms with Crippen LogP contribution in [-0.2, 0) is 11.0 Å². The molecule has 0 atom stereocenters. The quantitative estimate of drug-likeness (QED) is 0.404. The third-order valence-electron chi connectivity index (χ3n) is 2.14. The molecule has 0 unspecified atom stereocenters. The zero-order chi connectivity index (χ0) is 15.8. The zero-order valence-electron chi connectivity index (χ0n) is 9.12. The van der Waals surface area contributed by atoms with Gasteiger partial charge in [0, 0.05) is 0 Å². The second kappa shape index (κ2) is 5.10. The standard InChI is InChI=1S/C10H3F7O3/c11-6-4(2(18)1-3(19)20)7(12)9(14)5(8(6)13)10(15,16)17/h1H2,(H,19,20). The molecular formula is C10H3F7O3. The number of hydrogen-bond donors (Lipinski definition) is 1. The van der Waals surface area contributed by atoms with Crippen LogP contribution in [0.3, 0.4) is 0 Å². The predicted molar refractivity (Wildman–Crippen MR) is 47.9 cm³/mol. The summed E-state index contributed by atoms with van der Waals surface area (Å²) < 4.78 is 89.3. The maximum Gasteiger partial charge on any atom is 0.422 e. The van der Waals surface area contributed by atoms with Crippen LogP contribution < -0.4 is 0 Å². The van der Waals surface area contributed by atoms with E-state index in [4.69, 9.17) is 5.11 Å². The van der Waals surface area contributed by atoms with Gasteiger partial charge in [-0.15, -0.1) is 0 Å². The number of hydrogen-bond acceptors (Lipinski definition) is 2. The highest BCUT2D eigenvalue weighted by atomic mass is 19.4. The van der Waals surface area contributed by atoms with E-state index in [0.717, 1.165) is 0 Å². The Labute approximate surface area is 105 Å². The fourth-order valence-corrected chi connectivity index (χ4v) is 1.35. The van der Waals surface area contributed by atoms with E-state index in [0.29, 0.717) is 0 Å². The van der Waals surface area contributed by atoms with Crippen LogP contribution in [0.2, 0.25) is 0 Å². The normalized spacial score (nSPS) is 11.6. The second-order valence-electron chi connectivity index (χ2n) is 3.50. The van der Waals surface area contributed by atoms with Crippen LogP contribution in [0.15, 0.2) is 0 Å². The molecule has 0 fully saturated rings. The first-order valence-corrected chi connectivity index (χ1v) is 4.66. The molecule has 0 aliphatic rings. The lowest BCUT2D eigenvalue weighted by Crippen LogP contribution is -2.20. The first-order chi connectivity index (χ1) is 8.98. The van der Waals surface area contributed by atoms with Gasteiger partial charge in [-0.2, -0.15) is 13.2 Å². The molecule has 1 aromatic rings. The van der Waals surface area contributed by atoms with E-state index >= 15 is 0 Å². The lowest BCUT2D eigenvalue weighted by Gasteiger charge is -2.13. The number of carboxylic acids is 1. The van der Waals surface area contributed by atoms with Gasteiger partial charge < -0.3 is 5.11 Å². The molecule has 20 heavy (non-hydrogen) atoms. The fourth-order valence-electron chi connectivity index (χ4n) is 1.35. The predicted octanol–water partition coefficient (Wildman–Crippen LogP) is 2.92. The van der Waals surface area contributed by atoms with Gasteiger partial charge in [-0.1, -0.05) is 0 Å². The highest BCUT2D eigenvalue weighted by Gasteiger charge is 2.43. The molecular weight excluding hydrogens is 301 g/mol. The Balaban J connectivity index is 3.61. The van der Waals surface area contributed by atoms with Gasteiger partial charge >= 0.3 is 12.1 Å². The molecule has 0 spiro atoms. The summed E-state index contributed by atoms with van der Waals surface area (Å²) in [6, 6.07) is 0. The van der Waals surface area contributed by atoms with Gasteiger partial charge in [0.25, 0.3) is 0 Å². The number of rotatable bonds is 3. The van der Waals surface area contributed by atoms with Crippen molar-refractivity contribution in [1.82, 2.24) is 0 Å². The minimum atomic E-state index is -5.73. The zero-order valence-corrected chi connectivity index (χ0v) is 9.12. The van der Waals surface area contributed by atoms with E-state index in [1.54, 1.807) is 0 Å². The van der Waals surface area contributed by atoms with E-state index in [1.807, 2.05) is 0 Å². The molecule has 0 radical (unpaired) electrons. The molecule has 3 nitrogen and oxygen atoms in total. The van der Waals surface area contributed by atoms with Gasteiger partial charge in [0.1, 0.15) is 12.0 Å². The van der Waals surface area contributed by atoms with Crippen molar-refractivity contribution in [2.24, 2.45) is 0 Å². The van der Waals surface area contributed by atoms with E-state index in [1.165, 1.54) is 0 Å². The average molecular weight is 304 g/mol. The van der Waals surface area contributed by atoms with E-state index in [2.05, 4.69) is 0 Å². The smallest absolute Gasteiger partial charge is 0.422 e. The molecule has 0 saturated heterocycles. The number of carbonyl (C=O) groups is 2. The van der Waals surface area contributed by atoms with Gasteiger partial charge in [-0.05, 0) is 0 Å². The summed E-state index contributed by atoms with van der Waals surface area (Å²) in [6.45, 7) is 0. The van der Waals surface area contributed by atoms with Crippen molar-refractivity contribution in [3.63, 3.8) is 0 Å². The Morgan fingerprint density at radius 1 is 0.900 bits per heavy atom. The molecule has 10 heteroatoms. The highest BCUT2D eigenvalue weighted by molar-refractivity contribution is 6.05. The molecule has 1 N–H and O–H groups in total. The van der Waals surface area contributed by atoms with Crippen LogP contribution in [-0.4, -0.2) is 16.9 Å². The van der Waals surface area contributed by atoms with Gasteiger partial charge in [-0.3, -0.25) is 9.59 Å². The Bertz CT molecular complexity index is 562. The lowest BCUT2D eigenvalue weighted by atomic mass is 10.0. The number of Topliss-reactive ketones (excluding diaryl/α,β-unsaturated/α-hetero) is 1. The van der Waals surface area contributed by atoms with Crippen LogP contribution in [0.25, 0.3) is 0 Å². The molecule has 0 aliphatic heterocycles. The fraction of sp³-hybridized carbons (Fsp3) is 0.200. The maximum absolute atomic E-state index is 13.2. The van der Waals surface area contributed by atoms with Crippen molar-refractivity contribution in [3.05, 3.63) is 34.4 Å². The summed E-state index contributed by atoms with van der Waals surface area (Å²) in [6.07, 6.45) is -7.28. The van der Waals surface area contributed by atoms with Crippen LogP contribution >= 0.6 is 0 Å². The maximum atomic E-state index is 13.2. The van der Waals surface area contributed by atoms with Crippen LogP contribution in [0.5, 0.6) is 0 Å². The van der Waals surface area contributed by atoms with Crippen molar-refractivity contribution in [3.8, 4) is 0 Å². The van der Waals surface area contributed by atoms with Crippen molar-refractivity contribution in [2.45, 2.75) is 12.6 Å². The molecule has 0 heterocycles. The number of ketones is 1. The molecule has 1 rings (SSSR count). The Morgan fingerprint density at radius 2 is 1.30 bits per heavy atom. The number of benzene rings is 1. The van der Waals surface area contributed by atoms with Gasteiger partial charge in [0.2, 0.25) is 0 Å². The SMILES string of the molecule is O=C(O)CC(=O)c1c(F)c(F)c(C(F)(F)F)c(F)c1F. The monoisotopic (exact) mass is 304 g/mol. The Morgan fingerprint density at radius 3 is 1.60 bits per heavy atom. The third kappa shape index (κ3) is 2.73. The second-order valence-corrected chi connectivity index (χ2v) is 3.50. The molecule has 0 bridgehead atoms. The molecule has 0 saturated carbocycles. The van der Waals surface area contributed by atoms with Crippen LogP contribution in [0.4, 0.5) is 30.7 Å². The summed E-state index contributed by atoms with van der Waals surface area (Å²) in [5, 5.41) is 8.22. The summed E-state index contributed by atoms with van der Waals surface area (Å²) in [7, 11) is 0. The number of carboxylic acid groups (broad SMARTS) is 1. The number of alkyl halides is 3. The van der Waals surface area contributed by atoms with Gasteiger partial charge in [0.15, 0.2) is 29.1 Å². The largest absolute Gasteiger partial charge is 0.481 e. The van der Waals surface area contributed by atoms with E-state index in [-0.39, 0.29) is 0 Å². The minimum absolute atomic E-state index is 1.54. The molecule has 1 aromatic carbocycles.